The molecule has 2 nitrogen and oxygen atoms in total. The molecule has 0 aliphatic carbocycles. The van der Waals surface area contributed by atoms with Gasteiger partial charge in [-0.15, -0.1) is 0 Å². The monoisotopic (exact) mass is 204 g/mol. The highest BCUT2D eigenvalue weighted by atomic mass is 15.1. The van der Waals surface area contributed by atoms with Crippen molar-refractivity contribution in [3.8, 4) is 0 Å². The quantitative estimate of drug-likeness (QED) is 0.810. The van der Waals surface area contributed by atoms with Crippen molar-refractivity contribution in [2.24, 2.45) is 0 Å². The topological polar surface area (TPSA) is 15.3 Å². The predicted octanol–water partition coefficient (Wildman–Crippen LogP) is 2.05. The van der Waals surface area contributed by atoms with E-state index in [0.29, 0.717) is 6.04 Å². The van der Waals surface area contributed by atoms with Crippen LogP contribution >= 0.6 is 0 Å². The van der Waals surface area contributed by atoms with E-state index in [-0.39, 0.29) is 0 Å². The maximum absolute atomic E-state index is 3.53. The van der Waals surface area contributed by atoms with Crippen LogP contribution in [0, 0.1) is 0 Å². The molecule has 1 fully saturated rings. The van der Waals surface area contributed by atoms with Gasteiger partial charge in [0.15, 0.2) is 0 Å². The lowest BCUT2D eigenvalue weighted by atomic mass is 10.0. The molecule has 1 aliphatic rings. The minimum atomic E-state index is 0.704. The summed E-state index contributed by atoms with van der Waals surface area (Å²) in [6.07, 6.45) is 3.84. The summed E-state index contributed by atoms with van der Waals surface area (Å²) in [4.78, 5) is 2.14. The van der Waals surface area contributed by atoms with Gasteiger partial charge >= 0.3 is 0 Å². The molecule has 1 aromatic rings. The van der Waals surface area contributed by atoms with Crippen LogP contribution in [0.2, 0.25) is 0 Å². The maximum Gasteiger partial charge on any atom is 0.0361 e. The van der Waals surface area contributed by atoms with Gasteiger partial charge in [0.05, 0.1) is 0 Å². The molecular weight excluding hydrogens is 184 g/mol. The second-order valence-electron chi connectivity index (χ2n) is 4.56. The number of nitrogens with one attached hydrogen (secondary N) is 1. The molecule has 0 spiro atoms. The highest BCUT2D eigenvalue weighted by Crippen LogP contribution is 2.16. The van der Waals surface area contributed by atoms with Crippen LogP contribution in [0.25, 0.3) is 0 Å². The minimum absolute atomic E-state index is 0.704. The number of rotatable bonds is 3. The van der Waals surface area contributed by atoms with Crippen LogP contribution < -0.4 is 10.2 Å². The van der Waals surface area contributed by atoms with E-state index in [2.05, 4.69) is 48.6 Å². The molecule has 0 bridgehead atoms. The number of hydrogen-bond donors (Lipinski definition) is 1. The summed E-state index contributed by atoms with van der Waals surface area (Å²) in [6, 6.07) is 9.59. The first-order valence-electron chi connectivity index (χ1n) is 5.75. The maximum atomic E-state index is 3.53. The zero-order chi connectivity index (χ0) is 10.7. The zero-order valence-electron chi connectivity index (χ0n) is 9.66. The zero-order valence-corrected chi connectivity index (χ0v) is 9.66. The summed E-state index contributed by atoms with van der Waals surface area (Å²) < 4.78 is 0. The third-order valence-corrected chi connectivity index (χ3v) is 3.10. The predicted molar refractivity (Wildman–Crippen MR) is 65.5 cm³/mol. The van der Waals surface area contributed by atoms with Gasteiger partial charge in [-0.2, -0.15) is 0 Å². The second-order valence-corrected chi connectivity index (χ2v) is 4.56. The largest absolute Gasteiger partial charge is 0.378 e. The summed E-state index contributed by atoms with van der Waals surface area (Å²) in [5, 5.41) is 3.53. The molecule has 0 saturated carbocycles. The Morgan fingerprint density at radius 3 is 2.53 bits per heavy atom. The molecule has 1 saturated heterocycles. The van der Waals surface area contributed by atoms with Gasteiger partial charge < -0.3 is 10.2 Å². The van der Waals surface area contributed by atoms with E-state index in [4.69, 9.17) is 0 Å². The molecule has 2 rings (SSSR count). The van der Waals surface area contributed by atoms with Crippen molar-refractivity contribution in [3.63, 3.8) is 0 Å². The molecule has 1 N–H and O–H groups in total. The van der Waals surface area contributed by atoms with Crippen molar-refractivity contribution in [1.29, 1.82) is 0 Å². The molecule has 0 amide bonds. The molecule has 1 aromatic carbocycles. The Labute approximate surface area is 92.3 Å². The van der Waals surface area contributed by atoms with Gasteiger partial charge in [-0.3, -0.25) is 0 Å². The van der Waals surface area contributed by atoms with Crippen molar-refractivity contribution in [2.45, 2.75) is 25.3 Å². The van der Waals surface area contributed by atoms with E-state index in [9.17, 15) is 0 Å². The Morgan fingerprint density at radius 2 is 2.00 bits per heavy atom. The Bertz CT molecular complexity index is 297. The molecule has 1 atom stereocenters. The van der Waals surface area contributed by atoms with Crippen LogP contribution in [0.15, 0.2) is 24.3 Å². The van der Waals surface area contributed by atoms with Crippen LogP contribution in [-0.4, -0.2) is 26.7 Å². The van der Waals surface area contributed by atoms with Crippen LogP contribution in [0.1, 0.15) is 18.4 Å². The second kappa shape index (κ2) is 4.67. The Morgan fingerprint density at radius 1 is 1.27 bits per heavy atom. The summed E-state index contributed by atoms with van der Waals surface area (Å²) in [5.41, 5.74) is 2.72. The number of benzene rings is 1. The normalized spacial score (nSPS) is 20.5. The van der Waals surface area contributed by atoms with Crippen LogP contribution in [0.4, 0.5) is 5.69 Å². The van der Waals surface area contributed by atoms with Crippen molar-refractivity contribution in [3.05, 3.63) is 29.8 Å². The van der Waals surface area contributed by atoms with Crippen molar-refractivity contribution in [1.82, 2.24) is 5.32 Å². The van der Waals surface area contributed by atoms with Gasteiger partial charge in [0.1, 0.15) is 0 Å². The molecule has 0 unspecified atom stereocenters. The van der Waals surface area contributed by atoms with Gasteiger partial charge in [-0.05, 0) is 43.5 Å². The minimum Gasteiger partial charge on any atom is -0.378 e. The van der Waals surface area contributed by atoms with Gasteiger partial charge in [-0.1, -0.05) is 12.1 Å². The number of hydrogen-bond acceptors (Lipinski definition) is 2. The van der Waals surface area contributed by atoms with Crippen molar-refractivity contribution < 1.29 is 0 Å². The standard InChI is InChI=1S/C13H20N2/c1-15(2)13-7-5-11(6-8-13)10-12-4-3-9-14-12/h5-8,12,14H,3-4,9-10H2,1-2H3/t12-/m0/s1. The Balaban J connectivity index is 1.97. The Kier molecular flexibility index (Phi) is 3.27. The van der Waals surface area contributed by atoms with Crippen LogP contribution in [0.5, 0.6) is 0 Å². The fourth-order valence-corrected chi connectivity index (χ4v) is 2.15. The molecule has 1 aliphatic heterocycles. The van der Waals surface area contributed by atoms with Gasteiger partial charge in [-0.25, -0.2) is 0 Å². The van der Waals surface area contributed by atoms with Gasteiger partial charge in [0.25, 0.3) is 0 Å². The third-order valence-electron chi connectivity index (χ3n) is 3.10. The number of anilines is 1. The van der Waals surface area contributed by atoms with E-state index < -0.39 is 0 Å². The van der Waals surface area contributed by atoms with Crippen LogP contribution in [0.3, 0.4) is 0 Å². The molecule has 2 heteroatoms. The fraction of sp³-hybridized carbons (Fsp3) is 0.538. The first-order chi connectivity index (χ1) is 7.25. The summed E-state index contributed by atoms with van der Waals surface area (Å²) in [5.74, 6) is 0. The fourth-order valence-electron chi connectivity index (χ4n) is 2.15. The van der Waals surface area contributed by atoms with Gasteiger partial charge in [0, 0.05) is 25.8 Å². The van der Waals surface area contributed by atoms with E-state index in [1.165, 1.54) is 37.1 Å². The van der Waals surface area contributed by atoms with E-state index in [0.717, 1.165) is 0 Å². The molecule has 15 heavy (non-hydrogen) atoms. The molecule has 1 heterocycles. The lowest BCUT2D eigenvalue weighted by Gasteiger charge is -2.14. The summed E-state index contributed by atoms with van der Waals surface area (Å²) in [6.45, 7) is 1.19. The summed E-state index contributed by atoms with van der Waals surface area (Å²) in [7, 11) is 4.15. The SMILES string of the molecule is CN(C)c1ccc(C[C@@H]2CCCN2)cc1. The van der Waals surface area contributed by atoms with E-state index in [1.54, 1.807) is 0 Å². The van der Waals surface area contributed by atoms with Crippen molar-refractivity contribution in [2.75, 3.05) is 25.5 Å². The highest BCUT2D eigenvalue weighted by Gasteiger charge is 2.13. The third kappa shape index (κ3) is 2.72. The summed E-state index contributed by atoms with van der Waals surface area (Å²) >= 11 is 0. The Hall–Kier alpha value is -1.02. The van der Waals surface area contributed by atoms with Crippen LogP contribution in [-0.2, 0) is 6.42 Å². The first-order valence-corrected chi connectivity index (χ1v) is 5.75. The lowest BCUT2D eigenvalue weighted by Crippen LogP contribution is -2.23. The molecule has 82 valence electrons. The average molecular weight is 204 g/mol. The highest BCUT2D eigenvalue weighted by molar-refractivity contribution is 5.46. The van der Waals surface area contributed by atoms with E-state index >= 15 is 0 Å². The lowest BCUT2D eigenvalue weighted by molar-refractivity contribution is 0.603. The first kappa shape index (κ1) is 10.5. The van der Waals surface area contributed by atoms with Crippen molar-refractivity contribution >= 4 is 5.69 Å². The smallest absolute Gasteiger partial charge is 0.0361 e. The molecule has 0 aromatic heterocycles. The molecular formula is C13H20N2. The van der Waals surface area contributed by atoms with E-state index in [1.807, 2.05) is 0 Å². The molecule has 0 radical (unpaired) electrons. The average Bonchev–Trinajstić information content (AvgIpc) is 2.71. The number of nitrogens with zero attached hydrogens (tertiary/aromatic N) is 1. The van der Waals surface area contributed by atoms with Gasteiger partial charge in [0.2, 0.25) is 0 Å².